The lowest BCUT2D eigenvalue weighted by molar-refractivity contribution is -0.144. The number of anilines is 1. The number of Topliss-reactive ketones (excluding diaryl/α,β-unsaturated/α-hetero) is 1. The number of hydrogen-bond acceptors (Lipinski definition) is 6. The molecular formula is C31H25NO6S. The number of rotatable bonds is 9. The second-order valence-electron chi connectivity index (χ2n) is 8.87. The Balaban J connectivity index is 1.17. The number of nitrogens with zero attached hydrogens (tertiary/aromatic N) is 1. The molecule has 0 aliphatic carbocycles. The van der Waals surface area contributed by atoms with Crippen molar-refractivity contribution in [3.63, 3.8) is 0 Å². The van der Waals surface area contributed by atoms with Crippen molar-refractivity contribution in [3.05, 3.63) is 115 Å². The van der Waals surface area contributed by atoms with Crippen LogP contribution in [0, 0.1) is 0 Å². The summed E-state index contributed by atoms with van der Waals surface area (Å²) < 4.78 is 38.1. The van der Waals surface area contributed by atoms with Crippen molar-refractivity contribution >= 4 is 49.0 Å². The van der Waals surface area contributed by atoms with Crippen LogP contribution in [0.5, 0.6) is 5.75 Å². The van der Waals surface area contributed by atoms with Gasteiger partial charge in [0.1, 0.15) is 5.75 Å². The lowest BCUT2D eigenvalue weighted by Crippen LogP contribution is -2.26. The van der Waals surface area contributed by atoms with Gasteiger partial charge in [-0.2, -0.15) is 0 Å². The highest BCUT2D eigenvalue weighted by Crippen LogP contribution is 2.26. The largest absolute Gasteiger partial charge is 0.482 e. The fourth-order valence-electron chi connectivity index (χ4n) is 4.25. The van der Waals surface area contributed by atoms with Gasteiger partial charge in [0.2, 0.25) is 5.78 Å². The molecule has 0 fully saturated rings. The maximum Gasteiger partial charge on any atom is 0.344 e. The maximum absolute atomic E-state index is 13.2. The molecule has 5 aromatic rings. The first kappa shape index (κ1) is 25.9. The Bertz CT molecular complexity index is 1780. The van der Waals surface area contributed by atoms with E-state index in [4.69, 9.17) is 9.47 Å². The molecule has 0 bridgehead atoms. The summed E-state index contributed by atoms with van der Waals surface area (Å²) in [4.78, 5) is 25.0. The highest BCUT2D eigenvalue weighted by atomic mass is 32.2. The summed E-state index contributed by atoms with van der Waals surface area (Å²) in [5.74, 6) is -0.642. The zero-order valence-electron chi connectivity index (χ0n) is 21.1. The minimum absolute atomic E-state index is 0.185. The van der Waals surface area contributed by atoms with Crippen molar-refractivity contribution in [2.24, 2.45) is 0 Å². The molecule has 0 unspecified atom stereocenters. The van der Waals surface area contributed by atoms with E-state index < -0.39 is 29.2 Å². The van der Waals surface area contributed by atoms with Gasteiger partial charge in [0.15, 0.2) is 13.2 Å². The lowest BCUT2D eigenvalue weighted by Gasteiger charge is -2.20. The van der Waals surface area contributed by atoms with E-state index >= 15 is 0 Å². The van der Waals surface area contributed by atoms with Gasteiger partial charge in [-0.1, -0.05) is 72.8 Å². The standard InChI is InChI=1S/C31H25NO6S/c1-32(39(35,36)27-18-13-22-7-2-3-9-24(22)19-27)25-14-16-26(17-15-25)37-21-31(34)38-20-30(33)29-12-6-10-23-8-4-5-11-28(23)29/h2-19H,20-21H2,1H3. The third-order valence-electron chi connectivity index (χ3n) is 6.39. The Morgan fingerprint density at radius 1 is 0.718 bits per heavy atom. The summed E-state index contributed by atoms with van der Waals surface area (Å²) in [5.41, 5.74) is 0.916. The Kier molecular flexibility index (Phi) is 7.29. The van der Waals surface area contributed by atoms with Crippen LogP contribution in [0.4, 0.5) is 5.69 Å². The first-order chi connectivity index (χ1) is 18.8. The second-order valence-corrected chi connectivity index (χ2v) is 10.8. The van der Waals surface area contributed by atoms with Gasteiger partial charge in [-0.05, 0) is 57.9 Å². The van der Waals surface area contributed by atoms with E-state index in [0.717, 1.165) is 21.5 Å². The summed E-state index contributed by atoms with van der Waals surface area (Å²) in [6, 6.07) is 31.8. The SMILES string of the molecule is CN(c1ccc(OCC(=O)OCC(=O)c2cccc3ccccc23)cc1)S(=O)(=O)c1ccc2ccccc2c1. The quantitative estimate of drug-likeness (QED) is 0.178. The number of benzene rings is 5. The van der Waals surface area contributed by atoms with Gasteiger partial charge in [0.25, 0.3) is 10.0 Å². The van der Waals surface area contributed by atoms with Crippen LogP contribution in [0.2, 0.25) is 0 Å². The molecule has 0 aromatic heterocycles. The highest BCUT2D eigenvalue weighted by Gasteiger charge is 2.22. The topological polar surface area (TPSA) is 90.0 Å². The van der Waals surface area contributed by atoms with Crippen molar-refractivity contribution in [1.82, 2.24) is 0 Å². The first-order valence-electron chi connectivity index (χ1n) is 12.2. The molecule has 0 saturated carbocycles. The van der Waals surface area contributed by atoms with Crippen LogP contribution in [-0.2, 0) is 19.6 Å². The molecule has 0 spiro atoms. The van der Waals surface area contributed by atoms with Crippen LogP contribution in [-0.4, -0.2) is 40.4 Å². The smallest absolute Gasteiger partial charge is 0.344 e. The Labute approximate surface area is 226 Å². The number of carbonyl (C=O) groups is 2. The summed E-state index contributed by atoms with van der Waals surface area (Å²) in [6.45, 7) is -0.792. The molecular weight excluding hydrogens is 514 g/mol. The summed E-state index contributed by atoms with van der Waals surface area (Å²) >= 11 is 0. The van der Waals surface area contributed by atoms with Gasteiger partial charge in [-0.25, -0.2) is 13.2 Å². The third kappa shape index (κ3) is 5.61. The lowest BCUT2D eigenvalue weighted by atomic mass is 10.0. The van der Waals surface area contributed by atoms with Crippen molar-refractivity contribution in [2.45, 2.75) is 4.90 Å². The molecule has 8 heteroatoms. The molecule has 196 valence electrons. The molecule has 0 N–H and O–H groups in total. The molecule has 0 heterocycles. The summed E-state index contributed by atoms with van der Waals surface area (Å²) in [5, 5.41) is 3.51. The van der Waals surface area contributed by atoms with Gasteiger partial charge < -0.3 is 9.47 Å². The zero-order valence-corrected chi connectivity index (χ0v) is 21.9. The van der Waals surface area contributed by atoms with Gasteiger partial charge in [0, 0.05) is 12.6 Å². The van der Waals surface area contributed by atoms with Gasteiger partial charge in [0.05, 0.1) is 10.6 Å². The van der Waals surface area contributed by atoms with E-state index in [9.17, 15) is 18.0 Å². The average Bonchev–Trinajstić information content (AvgIpc) is 2.98. The molecule has 5 aromatic carbocycles. The monoisotopic (exact) mass is 539 g/mol. The maximum atomic E-state index is 13.2. The van der Waals surface area contributed by atoms with Crippen molar-refractivity contribution in [2.75, 3.05) is 24.6 Å². The number of carbonyl (C=O) groups excluding carboxylic acids is 2. The second kappa shape index (κ2) is 11.0. The van der Waals surface area contributed by atoms with Crippen LogP contribution in [0.3, 0.4) is 0 Å². The molecule has 0 amide bonds. The summed E-state index contributed by atoms with van der Waals surface area (Å²) in [6.07, 6.45) is 0. The normalized spacial score (nSPS) is 11.3. The molecule has 0 atom stereocenters. The van der Waals surface area contributed by atoms with Crippen molar-refractivity contribution < 1.29 is 27.5 Å². The van der Waals surface area contributed by atoms with E-state index in [1.54, 1.807) is 54.6 Å². The predicted octanol–water partition coefficient (Wildman–Crippen LogP) is 5.62. The number of sulfonamides is 1. The number of ketones is 1. The molecule has 0 radical (unpaired) electrons. The van der Waals surface area contributed by atoms with Crippen LogP contribution in [0.1, 0.15) is 10.4 Å². The minimum atomic E-state index is -3.79. The molecule has 39 heavy (non-hydrogen) atoms. The van der Waals surface area contributed by atoms with Gasteiger partial charge >= 0.3 is 5.97 Å². The zero-order chi connectivity index (χ0) is 27.4. The van der Waals surface area contributed by atoms with Crippen LogP contribution in [0.15, 0.2) is 114 Å². The van der Waals surface area contributed by atoms with E-state index in [2.05, 4.69) is 0 Å². The van der Waals surface area contributed by atoms with Crippen molar-refractivity contribution in [3.8, 4) is 5.75 Å². The highest BCUT2D eigenvalue weighted by molar-refractivity contribution is 7.92. The van der Waals surface area contributed by atoms with E-state index in [0.29, 0.717) is 17.0 Å². The molecule has 7 nitrogen and oxygen atoms in total. The van der Waals surface area contributed by atoms with Gasteiger partial charge in [-0.15, -0.1) is 0 Å². The molecule has 5 rings (SSSR count). The fourth-order valence-corrected chi connectivity index (χ4v) is 5.48. The van der Waals surface area contributed by atoms with E-state index in [-0.39, 0.29) is 10.7 Å². The molecule has 0 aliphatic heterocycles. The molecule has 0 saturated heterocycles. The number of fused-ring (bicyclic) bond motifs is 2. The number of hydrogen-bond donors (Lipinski definition) is 0. The Morgan fingerprint density at radius 2 is 1.38 bits per heavy atom. The van der Waals surface area contributed by atoms with Crippen molar-refractivity contribution in [1.29, 1.82) is 0 Å². The first-order valence-corrected chi connectivity index (χ1v) is 13.6. The minimum Gasteiger partial charge on any atom is -0.482 e. The number of esters is 1. The predicted molar refractivity (Wildman–Crippen MR) is 151 cm³/mol. The van der Waals surface area contributed by atoms with Crippen LogP contribution in [0.25, 0.3) is 21.5 Å². The van der Waals surface area contributed by atoms with E-state index in [1.807, 2.05) is 54.6 Å². The van der Waals surface area contributed by atoms with Crippen LogP contribution < -0.4 is 9.04 Å². The van der Waals surface area contributed by atoms with E-state index in [1.165, 1.54) is 11.4 Å². The Morgan fingerprint density at radius 3 is 2.15 bits per heavy atom. The average molecular weight is 540 g/mol. The third-order valence-corrected chi connectivity index (χ3v) is 8.17. The summed E-state index contributed by atoms with van der Waals surface area (Å²) in [7, 11) is -2.31. The Hall–Kier alpha value is -4.69. The van der Waals surface area contributed by atoms with Crippen LogP contribution >= 0.6 is 0 Å². The fraction of sp³-hybridized carbons (Fsp3) is 0.0968. The molecule has 0 aliphatic rings. The van der Waals surface area contributed by atoms with Gasteiger partial charge in [-0.3, -0.25) is 9.10 Å². The number of ether oxygens (including phenoxy) is 2.